The second-order valence-electron chi connectivity index (χ2n) is 6.37. The maximum Gasteiger partial charge on any atom is 0.325 e. The zero-order valence-corrected chi connectivity index (χ0v) is 14.1. The summed E-state index contributed by atoms with van der Waals surface area (Å²) in [6.45, 7) is 12.7. The normalized spacial score (nSPS) is 14.7. The summed E-state index contributed by atoms with van der Waals surface area (Å²) in [6.07, 6.45) is 0. The first-order chi connectivity index (χ1) is 10.1. The highest BCUT2D eigenvalue weighted by molar-refractivity contribution is 5.94. The highest BCUT2D eigenvalue weighted by atomic mass is 16.4. The lowest BCUT2D eigenvalue weighted by Crippen LogP contribution is -2.42. The third-order valence-electron chi connectivity index (χ3n) is 3.65. The number of carboxylic acid groups (broad SMARTS) is 1. The minimum atomic E-state index is -1.08. The molecule has 0 aliphatic carbocycles. The van der Waals surface area contributed by atoms with Gasteiger partial charge < -0.3 is 14.8 Å². The summed E-state index contributed by atoms with van der Waals surface area (Å²) < 4.78 is 5.62. The van der Waals surface area contributed by atoms with E-state index in [1.165, 1.54) is 6.92 Å². The van der Waals surface area contributed by atoms with E-state index in [-0.39, 0.29) is 17.3 Å². The third kappa shape index (κ3) is 4.34. The van der Waals surface area contributed by atoms with Gasteiger partial charge in [0.1, 0.15) is 11.8 Å². The Kier molecular flexibility index (Phi) is 5.77. The van der Waals surface area contributed by atoms with Crippen LogP contribution in [-0.2, 0) is 4.79 Å². The van der Waals surface area contributed by atoms with Crippen LogP contribution in [0.15, 0.2) is 16.5 Å². The Hall–Kier alpha value is -1.82. The van der Waals surface area contributed by atoms with Crippen LogP contribution < -0.4 is 5.32 Å². The smallest absolute Gasteiger partial charge is 0.325 e. The summed E-state index contributed by atoms with van der Waals surface area (Å²) in [5, 5.41) is 11.2. The third-order valence-corrected chi connectivity index (χ3v) is 3.65. The lowest BCUT2D eigenvalue weighted by Gasteiger charge is -2.38. The SMILES string of the molecule is CCN(C(C)c1ccc(C(=O)NC(C)C(=O)O)o1)C(C)(C)C. The molecule has 0 saturated carbocycles. The van der Waals surface area contributed by atoms with Gasteiger partial charge in [-0.05, 0) is 53.3 Å². The second-order valence-corrected chi connectivity index (χ2v) is 6.37. The van der Waals surface area contributed by atoms with E-state index < -0.39 is 17.9 Å². The van der Waals surface area contributed by atoms with Gasteiger partial charge in [0.05, 0.1) is 6.04 Å². The Morgan fingerprint density at radius 2 is 1.91 bits per heavy atom. The average Bonchev–Trinajstić information content (AvgIpc) is 2.86. The number of hydrogen-bond acceptors (Lipinski definition) is 4. The Morgan fingerprint density at radius 1 is 1.32 bits per heavy atom. The molecule has 0 fully saturated rings. The number of carbonyl (C=O) groups is 2. The van der Waals surface area contributed by atoms with Gasteiger partial charge in [-0.3, -0.25) is 14.5 Å². The summed E-state index contributed by atoms with van der Waals surface area (Å²) in [5.74, 6) is -0.796. The Balaban J connectivity index is 2.87. The van der Waals surface area contributed by atoms with Crippen LogP contribution in [0.25, 0.3) is 0 Å². The van der Waals surface area contributed by atoms with Crippen LogP contribution in [0, 0.1) is 0 Å². The maximum absolute atomic E-state index is 11.9. The van der Waals surface area contributed by atoms with Crippen LogP contribution in [-0.4, -0.2) is 40.0 Å². The number of furan rings is 1. The predicted octanol–water partition coefficient (Wildman–Crippen LogP) is 2.66. The lowest BCUT2D eigenvalue weighted by atomic mass is 10.0. The van der Waals surface area contributed by atoms with Crippen molar-refractivity contribution in [3.63, 3.8) is 0 Å². The fourth-order valence-corrected chi connectivity index (χ4v) is 2.51. The summed E-state index contributed by atoms with van der Waals surface area (Å²) in [5.41, 5.74) is -0.0266. The van der Waals surface area contributed by atoms with Crippen molar-refractivity contribution >= 4 is 11.9 Å². The molecule has 1 aromatic heterocycles. The van der Waals surface area contributed by atoms with Gasteiger partial charge in [-0.1, -0.05) is 6.92 Å². The molecule has 0 radical (unpaired) electrons. The Bertz CT molecular complexity index is 530. The molecule has 0 aliphatic rings. The van der Waals surface area contributed by atoms with Gasteiger partial charge in [0.2, 0.25) is 0 Å². The molecule has 1 heterocycles. The molecule has 1 aromatic rings. The molecule has 2 N–H and O–H groups in total. The van der Waals surface area contributed by atoms with E-state index in [4.69, 9.17) is 9.52 Å². The van der Waals surface area contributed by atoms with Crippen molar-refractivity contribution in [1.29, 1.82) is 0 Å². The van der Waals surface area contributed by atoms with Crippen LogP contribution >= 0.6 is 0 Å². The largest absolute Gasteiger partial charge is 0.480 e. The van der Waals surface area contributed by atoms with Crippen molar-refractivity contribution in [1.82, 2.24) is 10.2 Å². The number of nitrogens with zero attached hydrogens (tertiary/aromatic N) is 1. The first kappa shape index (κ1) is 18.2. The number of nitrogens with one attached hydrogen (secondary N) is 1. The number of amides is 1. The first-order valence-electron chi connectivity index (χ1n) is 7.48. The minimum Gasteiger partial charge on any atom is -0.480 e. The van der Waals surface area contributed by atoms with E-state index in [0.717, 1.165) is 6.54 Å². The Morgan fingerprint density at radius 3 is 2.36 bits per heavy atom. The van der Waals surface area contributed by atoms with E-state index in [9.17, 15) is 9.59 Å². The predicted molar refractivity (Wildman–Crippen MR) is 83.8 cm³/mol. The number of rotatable bonds is 6. The van der Waals surface area contributed by atoms with Crippen molar-refractivity contribution in [3.8, 4) is 0 Å². The highest BCUT2D eigenvalue weighted by Gasteiger charge is 2.28. The zero-order chi connectivity index (χ0) is 17.1. The van der Waals surface area contributed by atoms with Crippen molar-refractivity contribution in [2.24, 2.45) is 0 Å². The molecule has 0 aliphatic heterocycles. The van der Waals surface area contributed by atoms with E-state index in [0.29, 0.717) is 5.76 Å². The molecule has 6 heteroatoms. The van der Waals surface area contributed by atoms with E-state index in [1.54, 1.807) is 12.1 Å². The number of hydrogen-bond donors (Lipinski definition) is 2. The maximum atomic E-state index is 11.9. The molecule has 22 heavy (non-hydrogen) atoms. The van der Waals surface area contributed by atoms with E-state index in [2.05, 4.69) is 37.9 Å². The zero-order valence-electron chi connectivity index (χ0n) is 14.1. The van der Waals surface area contributed by atoms with Gasteiger partial charge in [-0.2, -0.15) is 0 Å². The molecule has 1 rings (SSSR count). The summed E-state index contributed by atoms with van der Waals surface area (Å²) >= 11 is 0. The molecule has 0 spiro atoms. The van der Waals surface area contributed by atoms with Crippen LogP contribution in [0.2, 0.25) is 0 Å². The fraction of sp³-hybridized carbons (Fsp3) is 0.625. The Labute approximate surface area is 131 Å². The van der Waals surface area contributed by atoms with Crippen molar-refractivity contribution < 1.29 is 19.1 Å². The number of carbonyl (C=O) groups excluding carboxylic acids is 1. The quantitative estimate of drug-likeness (QED) is 0.844. The number of aliphatic carboxylic acids is 1. The second kappa shape index (κ2) is 6.96. The summed E-state index contributed by atoms with van der Waals surface area (Å²) in [6, 6.07) is 2.40. The molecule has 2 unspecified atom stereocenters. The van der Waals surface area contributed by atoms with Gasteiger partial charge >= 0.3 is 5.97 Å². The minimum absolute atomic E-state index is 0.0171. The molecule has 0 bridgehead atoms. The van der Waals surface area contributed by atoms with E-state index >= 15 is 0 Å². The molecule has 124 valence electrons. The monoisotopic (exact) mass is 310 g/mol. The van der Waals surface area contributed by atoms with Crippen LogP contribution in [0.3, 0.4) is 0 Å². The highest BCUT2D eigenvalue weighted by Crippen LogP contribution is 2.28. The average molecular weight is 310 g/mol. The fourth-order valence-electron chi connectivity index (χ4n) is 2.51. The molecular formula is C16H26N2O4. The van der Waals surface area contributed by atoms with Gasteiger partial charge in [0, 0.05) is 5.54 Å². The molecule has 6 nitrogen and oxygen atoms in total. The van der Waals surface area contributed by atoms with Crippen LogP contribution in [0.1, 0.15) is 63.9 Å². The van der Waals surface area contributed by atoms with Gasteiger partial charge in [-0.25, -0.2) is 0 Å². The van der Waals surface area contributed by atoms with Crippen LogP contribution in [0.4, 0.5) is 0 Å². The van der Waals surface area contributed by atoms with Gasteiger partial charge in [0.15, 0.2) is 5.76 Å². The molecule has 0 saturated heterocycles. The topological polar surface area (TPSA) is 82.8 Å². The van der Waals surface area contributed by atoms with Crippen molar-refractivity contribution in [2.45, 2.75) is 59.2 Å². The standard InChI is InChI=1S/C16H26N2O4/c1-7-18(16(4,5)6)11(3)12-8-9-13(22-12)14(19)17-10(2)15(20)21/h8-11H,7H2,1-6H3,(H,17,19)(H,20,21). The summed E-state index contributed by atoms with van der Waals surface area (Å²) in [7, 11) is 0. The molecular weight excluding hydrogens is 284 g/mol. The number of carboxylic acids is 1. The lowest BCUT2D eigenvalue weighted by molar-refractivity contribution is -0.138. The van der Waals surface area contributed by atoms with Crippen molar-refractivity contribution in [2.75, 3.05) is 6.54 Å². The van der Waals surface area contributed by atoms with E-state index in [1.807, 2.05) is 6.92 Å². The molecule has 0 aromatic carbocycles. The van der Waals surface area contributed by atoms with Crippen molar-refractivity contribution in [3.05, 3.63) is 23.7 Å². The van der Waals surface area contributed by atoms with Gasteiger partial charge in [0.25, 0.3) is 5.91 Å². The van der Waals surface area contributed by atoms with Crippen LogP contribution in [0.5, 0.6) is 0 Å². The first-order valence-corrected chi connectivity index (χ1v) is 7.48. The molecule has 2 atom stereocenters. The van der Waals surface area contributed by atoms with Gasteiger partial charge in [-0.15, -0.1) is 0 Å². The molecule has 1 amide bonds. The summed E-state index contributed by atoms with van der Waals surface area (Å²) in [4.78, 5) is 25.0.